The van der Waals surface area contributed by atoms with Crippen LogP contribution in [0.25, 0.3) is 0 Å². The zero-order valence-electron chi connectivity index (χ0n) is 14.7. The molecule has 1 unspecified atom stereocenters. The average molecular weight is 428 g/mol. The Bertz CT molecular complexity index is 945. The summed E-state index contributed by atoms with van der Waals surface area (Å²) >= 11 is 12.1. The minimum Gasteiger partial charge on any atom is -0.497 e. The van der Waals surface area contributed by atoms with Gasteiger partial charge in [0.25, 0.3) is 5.91 Å². The van der Waals surface area contributed by atoms with Crippen LogP contribution in [0.3, 0.4) is 0 Å². The molecule has 1 amide bonds. The standard InChI is InChI=1S/C19H19Cl2NO4S/c1-26-16-5-2-13(3-6-16)11-22(15-8-9-27(24,25)12-15)19(23)17-7-4-14(20)10-18(17)21/h2-7,10,15H,8-9,11-12H2,1H3. The van der Waals surface area contributed by atoms with E-state index in [9.17, 15) is 13.2 Å². The smallest absolute Gasteiger partial charge is 0.255 e. The van der Waals surface area contributed by atoms with E-state index in [4.69, 9.17) is 27.9 Å². The molecule has 1 heterocycles. The van der Waals surface area contributed by atoms with E-state index < -0.39 is 15.9 Å². The summed E-state index contributed by atoms with van der Waals surface area (Å²) < 4.78 is 29.1. The molecule has 0 N–H and O–H groups in total. The van der Waals surface area contributed by atoms with Crippen molar-refractivity contribution >= 4 is 38.9 Å². The van der Waals surface area contributed by atoms with E-state index in [1.54, 1.807) is 36.3 Å². The fraction of sp³-hybridized carbons (Fsp3) is 0.316. The average Bonchev–Trinajstić information content (AvgIpc) is 2.99. The second kappa shape index (κ2) is 8.09. The van der Waals surface area contributed by atoms with Gasteiger partial charge in [0.1, 0.15) is 5.75 Å². The number of carbonyl (C=O) groups is 1. The number of hydrogen-bond acceptors (Lipinski definition) is 4. The van der Waals surface area contributed by atoms with Crippen LogP contribution in [0, 0.1) is 0 Å². The topological polar surface area (TPSA) is 63.7 Å². The summed E-state index contributed by atoms with van der Waals surface area (Å²) in [5.41, 5.74) is 1.18. The molecule has 144 valence electrons. The molecule has 0 spiro atoms. The second-order valence-corrected chi connectivity index (χ2v) is 9.53. The van der Waals surface area contributed by atoms with Gasteiger partial charge in [-0.05, 0) is 42.3 Å². The number of amides is 1. The summed E-state index contributed by atoms with van der Waals surface area (Å²) in [6, 6.07) is 11.6. The Morgan fingerprint density at radius 2 is 1.89 bits per heavy atom. The highest BCUT2D eigenvalue weighted by molar-refractivity contribution is 7.91. The van der Waals surface area contributed by atoms with E-state index in [1.165, 1.54) is 6.07 Å². The van der Waals surface area contributed by atoms with E-state index in [2.05, 4.69) is 0 Å². The van der Waals surface area contributed by atoms with Crippen LogP contribution in [0.15, 0.2) is 42.5 Å². The lowest BCUT2D eigenvalue weighted by Gasteiger charge is -2.29. The monoisotopic (exact) mass is 427 g/mol. The molecule has 2 aromatic rings. The van der Waals surface area contributed by atoms with Gasteiger partial charge in [-0.15, -0.1) is 0 Å². The maximum absolute atomic E-state index is 13.2. The maximum Gasteiger partial charge on any atom is 0.255 e. The van der Waals surface area contributed by atoms with Crippen molar-refractivity contribution in [2.24, 2.45) is 0 Å². The Morgan fingerprint density at radius 3 is 2.44 bits per heavy atom. The van der Waals surface area contributed by atoms with Crippen LogP contribution in [-0.2, 0) is 16.4 Å². The molecule has 0 aromatic heterocycles. The summed E-state index contributed by atoms with van der Waals surface area (Å²) in [5.74, 6) is 0.439. The molecule has 0 saturated carbocycles. The molecule has 1 fully saturated rings. The normalized spacial score (nSPS) is 18.3. The first-order valence-electron chi connectivity index (χ1n) is 8.38. The lowest BCUT2D eigenvalue weighted by Crippen LogP contribution is -2.40. The number of ether oxygens (including phenoxy) is 1. The van der Waals surface area contributed by atoms with Crippen LogP contribution < -0.4 is 4.74 Å². The van der Waals surface area contributed by atoms with E-state index in [0.29, 0.717) is 22.8 Å². The number of sulfone groups is 1. The van der Waals surface area contributed by atoms with Gasteiger partial charge in [-0.25, -0.2) is 8.42 Å². The quantitative estimate of drug-likeness (QED) is 0.726. The Balaban J connectivity index is 1.92. The third-order valence-corrected chi connectivity index (χ3v) is 6.88. The third kappa shape index (κ3) is 4.75. The van der Waals surface area contributed by atoms with Gasteiger partial charge in [-0.2, -0.15) is 0 Å². The molecule has 1 atom stereocenters. The molecule has 1 saturated heterocycles. The number of benzene rings is 2. The lowest BCUT2D eigenvalue weighted by molar-refractivity contribution is 0.0681. The fourth-order valence-corrected chi connectivity index (χ4v) is 5.35. The van der Waals surface area contributed by atoms with Crippen LogP contribution in [0.4, 0.5) is 0 Å². The number of methoxy groups -OCH3 is 1. The van der Waals surface area contributed by atoms with Crippen molar-refractivity contribution in [1.82, 2.24) is 4.90 Å². The minimum atomic E-state index is -3.14. The number of nitrogens with zero attached hydrogens (tertiary/aromatic N) is 1. The van der Waals surface area contributed by atoms with Crippen molar-refractivity contribution in [3.8, 4) is 5.75 Å². The molecule has 2 aromatic carbocycles. The Morgan fingerprint density at radius 1 is 1.19 bits per heavy atom. The second-order valence-electron chi connectivity index (χ2n) is 6.46. The largest absolute Gasteiger partial charge is 0.497 e. The van der Waals surface area contributed by atoms with Crippen LogP contribution in [0.5, 0.6) is 5.75 Å². The first-order chi connectivity index (χ1) is 12.8. The SMILES string of the molecule is COc1ccc(CN(C(=O)c2ccc(Cl)cc2Cl)C2CCS(=O)(=O)C2)cc1. The molecule has 27 heavy (non-hydrogen) atoms. The molecule has 1 aliphatic rings. The fourth-order valence-electron chi connectivity index (χ4n) is 3.13. The first-order valence-corrected chi connectivity index (χ1v) is 11.0. The zero-order valence-corrected chi connectivity index (χ0v) is 17.0. The van der Waals surface area contributed by atoms with Crippen molar-refractivity contribution in [1.29, 1.82) is 0 Å². The summed E-state index contributed by atoms with van der Waals surface area (Å²) in [6.45, 7) is 0.280. The van der Waals surface area contributed by atoms with E-state index in [-0.39, 0.29) is 29.0 Å². The highest BCUT2D eigenvalue weighted by Crippen LogP contribution is 2.27. The summed E-state index contributed by atoms with van der Waals surface area (Å²) in [4.78, 5) is 14.8. The van der Waals surface area contributed by atoms with Gasteiger partial charge >= 0.3 is 0 Å². The predicted octanol–water partition coefficient (Wildman–Crippen LogP) is 3.83. The Hall–Kier alpha value is -1.76. The lowest BCUT2D eigenvalue weighted by atomic mass is 10.1. The molecular weight excluding hydrogens is 409 g/mol. The molecular formula is C19H19Cl2NO4S. The van der Waals surface area contributed by atoms with Crippen molar-refractivity contribution in [2.75, 3.05) is 18.6 Å². The Kier molecular flexibility index (Phi) is 5.99. The van der Waals surface area contributed by atoms with Crippen molar-refractivity contribution in [3.05, 3.63) is 63.6 Å². The zero-order chi connectivity index (χ0) is 19.6. The van der Waals surface area contributed by atoms with Gasteiger partial charge in [0.05, 0.1) is 29.2 Å². The van der Waals surface area contributed by atoms with Crippen molar-refractivity contribution < 1.29 is 17.9 Å². The van der Waals surface area contributed by atoms with Gasteiger partial charge in [-0.3, -0.25) is 4.79 Å². The molecule has 8 heteroatoms. The molecule has 5 nitrogen and oxygen atoms in total. The van der Waals surface area contributed by atoms with Gasteiger partial charge in [0, 0.05) is 17.6 Å². The van der Waals surface area contributed by atoms with Gasteiger partial charge < -0.3 is 9.64 Å². The molecule has 3 rings (SSSR count). The van der Waals surface area contributed by atoms with Gasteiger partial charge in [0.15, 0.2) is 9.84 Å². The van der Waals surface area contributed by atoms with Crippen LogP contribution in [-0.4, -0.2) is 43.9 Å². The number of carbonyl (C=O) groups excluding carboxylic acids is 1. The van der Waals surface area contributed by atoms with E-state index in [0.717, 1.165) is 5.56 Å². The highest BCUT2D eigenvalue weighted by Gasteiger charge is 2.35. The molecule has 0 radical (unpaired) electrons. The third-order valence-electron chi connectivity index (χ3n) is 4.58. The molecule has 0 bridgehead atoms. The summed E-state index contributed by atoms with van der Waals surface area (Å²) in [7, 11) is -1.56. The van der Waals surface area contributed by atoms with Crippen molar-refractivity contribution in [3.63, 3.8) is 0 Å². The van der Waals surface area contributed by atoms with Crippen LogP contribution in [0.1, 0.15) is 22.3 Å². The van der Waals surface area contributed by atoms with Crippen LogP contribution >= 0.6 is 23.2 Å². The van der Waals surface area contributed by atoms with E-state index >= 15 is 0 Å². The van der Waals surface area contributed by atoms with Gasteiger partial charge in [-0.1, -0.05) is 35.3 Å². The van der Waals surface area contributed by atoms with E-state index in [1.807, 2.05) is 12.1 Å². The number of hydrogen-bond donors (Lipinski definition) is 0. The first kappa shape index (κ1) is 20.0. The summed E-state index contributed by atoms with van der Waals surface area (Å²) in [6.07, 6.45) is 0.412. The Labute approximate surface area is 168 Å². The molecule has 1 aliphatic heterocycles. The van der Waals surface area contributed by atoms with Crippen LogP contribution in [0.2, 0.25) is 10.0 Å². The maximum atomic E-state index is 13.2. The molecule has 0 aliphatic carbocycles. The van der Waals surface area contributed by atoms with Gasteiger partial charge in [0.2, 0.25) is 0 Å². The highest BCUT2D eigenvalue weighted by atomic mass is 35.5. The number of halogens is 2. The predicted molar refractivity (Wildman–Crippen MR) is 106 cm³/mol. The number of rotatable bonds is 5. The van der Waals surface area contributed by atoms with Crippen molar-refractivity contribution in [2.45, 2.75) is 19.0 Å². The summed E-state index contributed by atoms with van der Waals surface area (Å²) in [5, 5.41) is 0.676. The minimum absolute atomic E-state index is 0.0416.